The molecule has 2 bridgehead atoms. The van der Waals surface area contributed by atoms with Crippen LogP contribution < -0.4 is 28.4 Å². The molecule has 0 N–H and O–H groups in total. The van der Waals surface area contributed by atoms with Crippen LogP contribution in [0.5, 0.6) is 34.5 Å². The molecule has 0 spiro atoms. The van der Waals surface area contributed by atoms with Gasteiger partial charge in [-0.2, -0.15) is 0 Å². The summed E-state index contributed by atoms with van der Waals surface area (Å²) in [5, 5.41) is 25.5. The van der Waals surface area contributed by atoms with Crippen molar-refractivity contribution in [3.8, 4) is 34.5 Å². The Morgan fingerprint density at radius 3 is 0.774 bits per heavy atom. The van der Waals surface area contributed by atoms with Crippen molar-refractivity contribution in [2.75, 3.05) is 0 Å². The van der Waals surface area contributed by atoms with Crippen LogP contribution in [-0.2, 0) is 45.6 Å². The Labute approximate surface area is 312 Å². The third-order valence-electron chi connectivity index (χ3n) is 7.94. The first-order valence-electron chi connectivity index (χ1n) is 16.8. The average Bonchev–Trinajstić information content (AvgIpc) is 3.18. The van der Waals surface area contributed by atoms with Gasteiger partial charge in [-0.1, -0.05) is 120 Å². The fourth-order valence-corrected chi connectivity index (χ4v) is 5.20. The predicted octanol–water partition coefficient (Wildman–Crippen LogP) is 5.88. The molecule has 6 aliphatic heterocycles. The first kappa shape index (κ1) is 35.3. The summed E-state index contributed by atoms with van der Waals surface area (Å²) in [7, 11) is 0. The Morgan fingerprint density at radius 1 is 0.377 bits per heavy atom. The molecular weight excluding hydrogens is 738 g/mol. The zero-order valence-electron chi connectivity index (χ0n) is 28.3. The van der Waals surface area contributed by atoms with E-state index in [2.05, 4.69) is 30.9 Å². The fraction of sp³-hybridized carbons (Fsp3) is 0.250. The second kappa shape index (κ2) is 15.3. The standard InChI is InChI=1S/C32H30B2N6O12.Fe/c1-3-5-19-33-47-35-27-30(44-24-16-10-7-13-21(24)41-27)38-50-34(20-6-4-2,51-39-31-28(36-48-33)42-22-14-8-11-17-25(22)45-31)52-40-32-29(37-49-33)43-23-15-9-12-18-26(23)46-32;/h7-18H,3-6,19-20H2,1-2H3;/q-2;+2/b35-27-,36-28-,37-29-,38-30-,39-31-,40-32-;. The van der Waals surface area contributed by atoms with E-state index in [0.717, 1.165) is 0 Å². The van der Waals surface area contributed by atoms with Crippen molar-refractivity contribution in [3.05, 3.63) is 72.8 Å². The van der Waals surface area contributed by atoms with Crippen LogP contribution in [-0.4, -0.2) is 48.9 Å². The molecule has 0 amide bonds. The van der Waals surface area contributed by atoms with Gasteiger partial charge < -0.3 is 57.0 Å². The van der Waals surface area contributed by atoms with Crippen LogP contribution in [0.2, 0.25) is 12.6 Å². The van der Waals surface area contributed by atoms with Crippen LogP contribution >= 0.6 is 0 Å². The molecular formula is C32H30B2FeN6O12. The van der Waals surface area contributed by atoms with E-state index in [0.29, 0.717) is 60.2 Å². The number of rotatable bonds is 6. The Morgan fingerprint density at radius 2 is 0.585 bits per heavy atom. The van der Waals surface area contributed by atoms with Gasteiger partial charge in [-0.05, 0) is 36.4 Å². The quantitative estimate of drug-likeness (QED) is 0.272. The number of benzene rings is 3. The number of hydrogen-bond acceptors (Lipinski definition) is 18. The van der Waals surface area contributed by atoms with Crippen molar-refractivity contribution in [2.24, 2.45) is 30.9 Å². The molecule has 0 aliphatic carbocycles. The number of para-hydroxylation sites is 6. The minimum Gasteiger partial charge on any atom is -0.537 e. The maximum Gasteiger partial charge on any atom is 2.00 e. The van der Waals surface area contributed by atoms with Gasteiger partial charge in [-0.3, -0.25) is 0 Å². The molecule has 0 fully saturated rings. The number of fused-ring (bicyclic) bond motifs is 9. The molecule has 0 saturated carbocycles. The van der Waals surface area contributed by atoms with E-state index in [1.165, 1.54) is 0 Å². The van der Waals surface area contributed by atoms with Crippen LogP contribution in [0.1, 0.15) is 39.5 Å². The summed E-state index contributed by atoms with van der Waals surface area (Å²) in [6.45, 7) is -2.36. The van der Waals surface area contributed by atoms with Gasteiger partial charge in [-0.15, -0.1) is 0 Å². The first-order chi connectivity index (χ1) is 25.5. The van der Waals surface area contributed by atoms with Crippen LogP contribution in [0.3, 0.4) is 0 Å². The first-order valence-corrected chi connectivity index (χ1v) is 16.8. The van der Waals surface area contributed by atoms with Crippen LogP contribution in [0, 0.1) is 0 Å². The fourth-order valence-electron chi connectivity index (χ4n) is 5.20. The van der Waals surface area contributed by atoms with Crippen LogP contribution in [0.4, 0.5) is 0 Å². The molecule has 0 aromatic heterocycles. The zero-order chi connectivity index (χ0) is 35.4. The number of nitrogens with zero attached hydrogens (tertiary/aromatic N) is 6. The van der Waals surface area contributed by atoms with Gasteiger partial charge in [0.2, 0.25) is 0 Å². The van der Waals surface area contributed by atoms with Gasteiger partial charge in [0.05, 0.1) is 0 Å². The molecule has 0 atom stereocenters. The number of oxime groups is 6. The summed E-state index contributed by atoms with van der Waals surface area (Å²) in [4.78, 5) is 0. The Bertz CT molecular complexity index is 1690. The van der Waals surface area contributed by atoms with E-state index >= 15 is 0 Å². The summed E-state index contributed by atoms with van der Waals surface area (Å²) < 4.78 is 72.6. The van der Waals surface area contributed by atoms with Crippen molar-refractivity contribution < 1.29 is 74.0 Å². The second-order valence-corrected chi connectivity index (χ2v) is 11.8. The van der Waals surface area contributed by atoms with Gasteiger partial charge in [0.1, 0.15) is 0 Å². The SMILES string of the molecule is CCCC[B-]12O/N=C3\Oc4ccccc4O\C3=N/O[B-](CCCC)(O/N=C3\Oc4ccccc4O\C3=N/O1)O/N=C1\Oc3ccccc3O\C1=N/O2.[Fe+2]. The summed E-state index contributed by atoms with van der Waals surface area (Å²) >= 11 is 0. The number of hydrogen-bond donors (Lipinski definition) is 0. The van der Waals surface area contributed by atoms with E-state index in [9.17, 15) is 0 Å². The van der Waals surface area contributed by atoms with Crippen LogP contribution in [0.15, 0.2) is 104 Å². The zero-order valence-corrected chi connectivity index (χ0v) is 29.4. The minimum absolute atomic E-state index is 0. The molecule has 9 rings (SSSR count). The van der Waals surface area contributed by atoms with E-state index in [4.69, 9.17) is 57.0 Å². The number of unbranched alkanes of at least 4 members (excludes halogenated alkanes) is 2. The molecule has 18 nitrogen and oxygen atoms in total. The molecule has 6 aliphatic rings. The van der Waals surface area contributed by atoms with E-state index in [1.807, 2.05) is 13.8 Å². The minimum atomic E-state index is -3.14. The molecule has 0 saturated heterocycles. The maximum atomic E-state index is 6.06. The molecule has 6 heterocycles. The van der Waals surface area contributed by atoms with Gasteiger partial charge >= 0.3 is 66.0 Å². The third kappa shape index (κ3) is 7.47. The van der Waals surface area contributed by atoms with E-state index in [-0.39, 0.29) is 65.1 Å². The maximum absolute atomic E-state index is 6.06. The third-order valence-corrected chi connectivity index (χ3v) is 7.94. The second-order valence-electron chi connectivity index (χ2n) is 11.8. The Balaban J connectivity index is 0.00000435. The van der Waals surface area contributed by atoms with Crippen molar-refractivity contribution in [3.63, 3.8) is 0 Å². The molecule has 3 aromatic carbocycles. The van der Waals surface area contributed by atoms with Crippen molar-refractivity contribution in [1.82, 2.24) is 0 Å². The molecule has 21 heteroatoms. The Hall–Kier alpha value is -6.07. The summed E-state index contributed by atoms with van der Waals surface area (Å²) in [6.07, 6.45) is 2.43. The van der Waals surface area contributed by atoms with Gasteiger partial charge in [-0.25, -0.2) is 0 Å². The topological polar surface area (TPSA) is 185 Å². The van der Waals surface area contributed by atoms with Crippen molar-refractivity contribution in [1.29, 1.82) is 0 Å². The van der Waals surface area contributed by atoms with Crippen molar-refractivity contribution in [2.45, 2.75) is 52.2 Å². The van der Waals surface area contributed by atoms with E-state index < -0.39 is 13.5 Å². The largest absolute Gasteiger partial charge is 2.00 e. The monoisotopic (exact) mass is 768 g/mol. The van der Waals surface area contributed by atoms with Gasteiger partial charge in [0.25, 0.3) is 0 Å². The van der Waals surface area contributed by atoms with Crippen LogP contribution in [0.25, 0.3) is 0 Å². The molecule has 0 unspecified atom stereocenters. The van der Waals surface area contributed by atoms with Crippen molar-refractivity contribution >= 4 is 48.9 Å². The molecule has 53 heavy (non-hydrogen) atoms. The summed E-state index contributed by atoms with van der Waals surface area (Å²) in [6, 6.07) is 20.6. The average molecular weight is 768 g/mol. The summed E-state index contributed by atoms with van der Waals surface area (Å²) in [5.74, 6) is 0.281. The molecule has 0 radical (unpaired) electrons. The predicted molar refractivity (Wildman–Crippen MR) is 185 cm³/mol. The summed E-state index contributed by atoms with van der Waals surface area (Å²) in [5.41, 5.74) is 0. The van der Waals surface area contributed by atoms with Gasteiger partial charge in [0.15, 0.2) is 34.5 Å². The molecule has 274 valence electrons. The number of ether oxygens (including phenoxy) is 6. The van der Waals surface area contributed by atoms with Gasteiger partial charge in [0, 0.05) is 0 Å². The Kier molecular flexibility index (Phi) is 10.2. The van der Waals surface area contributed by atoms with E-state index in [1.54, 1.807) is 72.8 Å². The molecule has 3 aromatic rings. The normalized spacial score (nSPS) is 28.0. The smallest absolute Gasteiger partial charge is 0.537 e.